The van der Waals surface area contributed by atoms with Crippen LogP contribution in [0.15, 0.2) is 48.0 Å². The van der Waals surface area contributed by atoms with Gasteiger partial charge in [-0.15, -0.1) is 5.10 Å². The molecule has 0 aliphatic carbocycles. The first-order valence-corrected chi connectivity index (χ1v) is 10.6. The van der Waals surface area contributed by atoms with Gasteiger partial charge < -0.3 is 16.4 Å². The van der Waals surface area contributed by atoms with Gasteiger partial charge in [-0.25, -0.2) is 16.4 Å². The van der Waals surface area contributed by atoms with Gasteiger partial charge in [0.2, 0.25) is 0 Å². The number of nitrogens with one attached hydrogen (secondary N) is 3. The lowest BCUT2D eigenvalue weighted by Crippen LogP contribution is -2.29. The quantitative estimate of drug-likeness (QED) is 0.171. The Labute approximate surface area is 189 Å². The van der Waals surface area contributed by atoms with E-state index in [4.69, 9.17) is 34.8 Å². The molecule has 11 heteroatoms. The molecule has 0 radical (unpaired) electrons. The molecule has 1 aliphatic rings. The first kappa shape index (κ1) is 21.4. The van der Waals surface area contributed by atoms with Gasteiger partial charge in [-0.1, -0.05) is 29.3 Å². The van der Waals surface area contributed by atoms with E-state index in [2.05, 4.69) is 31.4 Å². The second-order valence-corrected chi connectivity index (χ2v) is 7.95. The summed E-state index contributed by atoms with van der Waals surface area (Å²) in [5.74, 6) is 6.09. The fraction of sp³-hybridized carbons (Fsp3) is 0.250. The highest BCUT2D eigenvalue weighted by molar-refractivity contribution is 6.44. The molecule has 1 saturated heterocycles. The van der Waals surface area contributed by atoms with Crippen molar-refractivity contribution in [3.05, 3.63) is 58.5 Å². The summed E-state index contributed by atoms with van der Waals surface area (Å²) >= 11 is 12.4. The van der Waals surface area contributed by atoms with E-state index >= 15 is 0 Å². The molecule has 0 bridgehead atoms. The first-order valence-electron chi connectivity index (χ1n) is 9.82. The monoisotopic (exact) mass is 459 g/mol. The summed E-state index contributed by atoms with van der Waals surface area (Å²) in [6.45, 7) is 1.99. The van der Waals surface area contributed by atoms with Gasteiger partial charge >= 0.3 is 0 Å². The van der Waals surface area contributed by atoms with Crippen LogP contribution in [0.5, 0.6) is 0 Å². The maximum atomic E-state index is 6.30. The lowest BCUT2D eigenvalue weighted by atomic mass is 10.1. The molecule has 1 aliphatic heterocycles. The molecule has 3 aromatic rings. The maximum absolute atomic E-state index is 6.30. The second-order valence-electron chi connectivity index (χ2n) is 7.16. The van der Waals surface area contributed by atoms with Crippen LogP contribution in [0, 0.1) is 0 Å². The summed E-state index contributed by atoms with van der Waals surface area (Å²) in [6.07, 6.45) is 7.68. The van der Waals surface area contributed by atoms with E-state index in [0.29, 0.717) is 33.2 Å². The Balaban J connectivity index is 1.65. The number of nitrogen functional groups attached to an aromatic ring is 1. The van der Waals surface area contributed by atoms with Crippen molar-refractivity contribution in [1.82, 2.24) is 25.6 Å². The number of pyridine rings is 1. The minimum atomic E-state index is 0.286. The van der Waals surface area contributed by atoms with Crippen molar-refractivity contribution in [2.45, 2.75) is 18.9 Å². The van der Waals surface area contributed by atoms with Gasteiger partial charge in [0.1, 0.15) is 5.82 Å². The number of hydrogen-bond acceptors (Lipinski definition) is 7. The van der Waals surface area contributed by atoms with Crippen LogP contribution >= 0.6 is 23.2 Å². The first-order chi connectivity index (χ1) is 15.1. The summed E-state index contributed by atoms with van der Waals surface area (Å²) in [7, 11) is 0. The molecule has 1 aromatic carbocycles. The average Bonchev–Trinajstić information content (AvgIpc) is 3.28. The van der Waals surface area contributed by atoms with Crippen molar-refractivity contribution in [1.29, 1.82) is 0 Å². The number of benzene rings is 1. The molecule has 0 saturated carbocycles. The van der Waals surface area contributed by atoms with E-state index in [0.717, 1.165) is 37.1 Å². The zero-order valence-corrected chi connectivity index (χ0v) is 18.2. The van der Waals surface area contributed by atoms with Crippen LogP contribution in [0.3, 0.4) is 0 Å². The maximum Gasteiger partial charge on any atom is 0.162 e. The summed E-state index contributed by atoms with van der Waals surface area (Å²) in [5.41, 5.74) is 11.4. The number of halogens is 2. The van der Waals surface area contributed by atoms with E-state index in [9.17, 15) is 0 Å². The molecule has 9 nitrogen and oxygen atoms in total. The molecule has 0 atom stereocenters. The van der Waals surface area contributed by atoms with Crippen LogP contribution in [-0.4, -0.2) is 33.7 Å². The lowest BCUT2D eigenvalue weighted by molar-refractivity contribution is 0.343. The number of hydrazone groups is 1. The number of nitrogens with zero attached hydrogens (tertiary/aromatic N) is 4. The van der Waals surface area contributed by atoms with Crippen LogP contribution in [0.1, 0.15) is 24.4 Å². The van der Waals surface area contributed by atoms with Gasteiger partial charge in [0.05, 0.1) is 33.5 Å². The van der Waals surface area contributed by atoms with Gasteiger partial charge in [0.15, 0.2) is 5.84 Å². The fourth-order valence-corrected chi connectivity index (χ4v) is 3.88. The SMILES string of the molecule is NN/N=C(\Nc1cccc(Cl)c1Cl)c1cc(-c2cnn(C3CCNCC3)c2)cnc1N. The predicted molar refractivity (Wildman–Crippen MR) is 125 cm³/mol. The zero-order chi connectivity index (χ0) is 21.8. The van der Waals surface area contributed by atoms with E-state index in [1.165, 1.54) is 0 Å². The summed E-state index contributed by atoms with van der Waals surface area (Å²) < 4.78 is 2.02. The highest BCUT2D eigenvalue weighted by Gasteiger charge is 2.18. The molecular formula is C20H23Cl2N9. The minimum Gasteiger partial charge on any atom is -0.383 e. The van der Waals surface area contributed by atoms with Gasteiger partial charge in [-0.2, -0.15) is 5.10 Å². The molecular weight excluding hydrogens is 437 g/mol. The summed E-state index contributed by atoms with van der Waals surface area (Å²) in [4.78, 5) is 4.34. The van der Waals surface area contributed by atoms with Crippen LogP contribution in [-0.2, 0) is 0 Å². The number of hydrazine groups is 1. The average molecular weight is 460 g/mol. The summed E-state index contributed by atoms with van der Waals surface area (Å²) in [6, 6.07) is 7.52. The molecule has 1 fully saturated rings. The molecule has 162 valence electrons. The van der Waals surface area contributed by atoms with Crippen LogP contribution < -0.4 is 27.7 Å². The van der Waals surface area contributed by atoms with Crippen LogP contribution in [0.4, 0.5) is 11.5 Å². The van der Waals surface area contributed by atoms with Gasteiger partial charge in [-0.3, -0.25) is 4.68 Å². The molecule has 7 N–H and O–H groups in total. The molecule has 31 heavy (non-hydrogen) atoms. The molecule has 0 spiro atoms. The number of aromatic nitrogens is 3. The van der Waals surface area contributed by atoms with E-state index < -0.39 is 0 Å². The highest BCUT2D eigenvalue weighted by Crippen LogP contribution is 2.31. The predicted octanol–water partition coefficient (Wildman–Crippen LogP) is 3.00. The number of rotatable bonds is 5. The van der Waals surface area contributed by atoms with Crippen LogP contribution in [0.2, 0.25) is 10.0 Å². The Morgan fingerprint density at radius 3 is 2.77 bits per heavy atom. The lowest BCUT2D eigenvalue weighted by Gasteiger charge is -2.22. The van der Waals surface area contributed by atoms with E-state index in [1.54, 1.807) is 24.4 Å². The number of anilines is 2. The Morgan fingerprint density at radius 1 is 1.19 bits per heavy atom. The van der Waals surface area contributed by atoms with E-state index in [1.807, 2.05) is 23.1 Å². The normalized spacial score (nSPS) is 15.1. The molecule has 3 heterocycles. The second kappa shape index (κ2) is 9.52. The minimum absolute atomic E-state index is 0.286. The molecule has 0 unspecified atom stereocenters. The van der Waals surface area contributed by atoms with Crippen molar-refractivity contribution in [2.24, 2.45) is 10.9 Å². The third kappa shape index (κ3) is 4.75. The molecule has 0 amide bonds. The third-order valence-electron chi connectivity index (χ3n) is 5.17. The number of hydrogen-bond donors (Lipinski definition) is 5. The number of piperidine rings is 1. The van der Waals surface area contributed by atoms with Crippen molar-refractivity contribution < 1.29 is 0 Å². The van der Waals surface area contributed by atoms with E-state index in [-0.39, 0.29) is 5.82 Å². The number of amidine groups is 1. The largest absolute Gasteiger partial charge is 0.383 e. The third-order valence-corrected chi connectivity index (χ3v) is 5.99. The van der Waals surface area contributed by atoms with Gasteiger partial charge in [-0.05, 0) is 44.1 Å². The van der Waals surface area contributed by atoms with Crippen LogP contribution in [0.25, 0.3) is 11.1 Å². The Bertz CT molecular complexity index is 1090. The van der Waals surface area contributed by atoms with Gasteiger partial charge in [0.25, 0.3) is 0 Å². The summed E-state index contributed by atoms with van der Waals surface area (Å²) in [5, 5.41) is 15.9. The fourth-order valence-electron chi connectivity index (χ4n) is 3.53. The molecule has 2 aromatic heterocycles. The smallest absolute Gasteiger partial charge is 0.162 e. The standard InChI is InChI=1S/C20H23Cl2N9/c21-16-2-1-3-17(18(16)22)28-20(29-30-24)15-8-12(9-26-19(15)23)13-10-27-31(11-13)14-4-6-25-7-5-14/h1-3,8-11,14,25,30H,4-7,24H2,(H2,23,26)(H,28,29). The molecule has 4 rings (SSSR count). The number of nitrogens with two attached hydrogens (primary N) is 2. The van der Waals surface area contributed by atoms with Crippen molar-refractivity contribution in [3.8, 4) is 11.1 Å². The Morgan fingerprint density at radius 2 is 2.00 bits per heavy atom. The highest BCUT2D eigenvalue weighted by atomic mass is 35.5. The Kier molecular flexibility index (Phi) is 6.57. The van der Waals surface area contributed by atoms with Crippen molar-refractivity contribution in [2.75, 3.05) is 24.1 Å². The van der Waals surface area contributed by atoms with Crippen molar-refractivity contribution >= 4 is 40.5 Å². The van der Waals surface area contributed by atoms with Crippen molar-refractivity contribution in [3.63, 3.8) is 0 Å². The Hall–Kier alpha value is -2.85. The topological polar surface area (TPSA) is 131 Å². The zero-order valence-electron chi connectivity index (χ0n) is 16.6. The van der Waals surface area contributed by atoms with Gasteiger partial charge in [0, 0.05) is 23.5 Å².